The van der Waals surface area contributed by atoms with Crippen molar-refractivity contribution in [1.29, 1.82) is 0 Å². The van der Waals surface area contributed by atoms with Crippen LogP contribution in [0.15, 0.2) is 48.5 Å². The Kier molecular flexibility index (Phi) is 18.5. The zero-order valence-electron chi connectivity index (χ0n) is 26.9. The molecule has 42 heavy (non-hydrogen) atoms. The molecule has 6 heteroatoms. The molecule has 0 aliphatic heterocycles. The second kappa shape index (κ2) is 21.9. The van der Waals surface area contributed by atoms with Gasteiger partial charge in [-0.05, 0) is 100 Å². The molecular formula is C36H56N2O4. The molecule has 2 rings (SSSR count). The summed E-state index contributed by atoms with van der Waals surface area (Å²) in [6.45, 7) is 8.99. The van der Waals surface area contributed by atoms with Crippen molar-refractivity contribution in [3.63, 3.8) is 0 Å². The van der Waals surface area contributed by atoms with Crippen LogP contribution >= 0.6 is 0 Å². The third-order valence-corrected chi connectivity index (χ3v) is 7.62. The van der Waals surface area contributed by atoms with E-state index in [-0.39, 0.29) is 25.2 Å². The number of esters is 2. The Morgan fingerprint density at radius 1 is 0.571 bits per heavy atom. The third-order valence-electron chi connectivity index (χ3n) is 7.62. The van der Waals surface area contributed by atoms with Crippen LogP contribution in [0.1, 0.15) is 102 Å². The number of carbonyl (C=O) groups excluding carboxylic acids is 2. The maximum atomic E-state index is 12.3. The largest absolute Gasteiger partial charge is 0.461 e. The van der Waals surface area contributed by atoms with Gasteiger partial charge >= 0.3 is 11.9 Å². The first-order valence-electron chi connectivity index (χ1n) is 16.3. The van der Waals surface area contributed by atoms with E-state index in [0.29, 0.717) is 12.8 Å². The highest BCUT2D eigenvalue weighted by Gasteiger charge is 2.09. The minimum atomic E-state index is -0.151. The van der Waals surface area contributed by atoms with Gasteiger partial charge in [0.1, 0.15) is 13.2 Å². The zero-order chi connectivity index (χ0) is 30.4. The molecule has 0 unspecified atom stereocenters. The van der Waals surface area contributed by atoms with Gasteiger partial charge in [-0.25, -0.2) is 0 Å². The van der Waals surface area contributed by atoms with Gasteiger partial charge in [0.05, 0.1) is 0 Å². The minimum Gasteiger partial charge on any atom is -0.461 e. The standard InChI is InChI=1S/C36H56N2O4/c1-5-7-9-11-23-37(3)25-15-21-35(39)41-29-31-17-13-19-33(27-31)34-20-14-18-32(28-34)30-42-36(40)22-16-26-38(4)24-12-10-8-6-2/h13-14,17-20,27-28H,5-12,15-16,21-26,29-30H2,1-4H3. The van der Waals surface area contributed by atoms with E-state index in [1.54, 1.807) is 0 Å². The van der Waals surface area contributed by atoms with Crippen LogP contribution in [0.2, 0.25) is 0 Å². The fourth-order valence-electron chi connectivity index (χ4n) is 4.98. The van der Waals surface area contributed by atoms with Crippen molar-refractivity contribution >= 4 is 11.9 Å². The summed E-state index contributed by atoms with van der Waals surface area (Å²) in [5.41, 5.74) is 4.01. The Labute approximate surface area is 255 Å². The van der Waals surface area contributed by atoms with Crippen molar-refractivity contribution in [2.24, 2.45) is 0 Å². The molecule has 0 fully saturated rings. The predicted molar refractivity (Wildman–Crippen MR) is 173 cm³/mol. The number of ether oxygens (including phenoxy) is 2. The average Bonchev–Trinajstić information content (AvgIpc) is 3.00. The summed E-state index contributed by atoms with van der Waals surface area (Å²) in [5, 5.41) is 0. The molecule has 2 aromatic rings. The molecule has 0 aliphatic rings. The summed E-state index contributed by atoms with van der Waals surface area (Å²) in [5.74, 6) is -0.301. The summed E-state index contributed by atoms with van der Waals surface area (Å²) in [4.78, 5) is 29.2. The molecule has 0 radical (unpaired) electrons. The van der Waals surface area contributed by atoms with Crippen molar-refractivity contribution in [1.82, 2.24) is 9.80 Å². The highest BCUT2D eigenvalue weighted by atomic mass is 16.5. The predicted octanol–water partition coefficient (Wildman–Crippen LogP) is 8.02. The number of hydrogen-bond donors (Lipinski definition) is 0. The van der Waals surface area contributed by atoms with Crippen molar-refractivity contribution in [2.75, 3.05) is 40.3 Å². The number of rotatable bonds is 23. The molecule has 0 aromatic heterocycles. The lowest BCUT2D eigenvalue weighted by molar-refractivity contribution is -0.146. The van der Waals surface area contributed by atoms with Crippen LogP contribution in [0.3, 0.4) is 0 Å². The molecule has 0 saturated heterocycles. The zero-order valence-corrected chi connectivity index (χ0v) is 26.9. The van der Waals surface area contributed by atoms with E-state index < -0.39 is 0 Å². The number of benzene rings is 2. The third kappa shape index (κ3) is 16.1. The summed E-state index contributed by atoms with van der Waals surface area (Å²) in [7, 11) is 4.25. The van der Waals surface area contributed by atoms with E-state index >= 15 is 0 Å². The van der Waals surface area contributed by atoms with Crippen LogP contribution in [0.5, 0.6) is 0 Å². The molecule has 0 bridgehead atoms. The van der Waals surface area contributed by atoms with Gasteiger partial charge < -0.3 is 19.3 Å². The first-order chi connectivity index (χ1) is 20.4. The average molecular weight is 581 g/mol. The first-order valence-corrected chi connectivity index (χ1v) is 16.3. The highest BCUT2D eigenvalue weighted by Crippen LogP contribution is 2.23. The molecule has 0 saturated carbocycles. The van der Waals surface area contributed by atoms with E-state index in [9.17, 15) is 9.59 Å². The second-order valence-electron chi connectivity index (χ2n) is 11.7. The number of nitrogens with zero attached hydrogens (tertiary/aromatic N) is 2. The van der Waals surface area contributed by atoms with Crippen molar-refractivity contribution in [2.45, 2.75) is 104 Å². The first kappa shape index (κ1) is 35.5. The van der Waals surface area contributed by atoms with Crippen molar-refractivity contribution in [3.8, 4) is 11.1 Å². The van der Waals surface area contributed by atoms with Crippen LogP contribution in [0.25, 0.3) is 11.1 Å². The lowest BCUT2D eigenvalue weighted by Crippen LogP contribution is -2.21. The van der Waals surface area contributed by atoms with Gasteiger partial charge in [-0.2, -0.15) is 0 Å². The van der Waals surface area contributed by atoms with Gasteiger partial charge in [-0.3, -0.25) is 9.59 Å². The maximum absolute atomic E-state index is 12.3. The Bertz CT molecular complexity index is 943. The monoisotopic (exact) mass is 580 g/mol. The van der Waals surface area contributed by atoms with Gasteiger partial charge in [0.25, 0.3) is 0 Å². The van der Waals surface area contributed by atoms with Gasteiger partial charge in [0.2, 0.25) is 0 Å². The topological polar surface area (TPSA) is 59.1 Å². The Hall–Kier alpha value is -2.70. The SMILES string of the molecule is CCCCCCN(C)CCCC(=O)OCc1cccc(-c2cccc(COC(=O)CCCN(C)CCCCCC)c2)c1. The van der Waals surface area contributed by atoms with E-state index in [0.717, 1.165) is 61.3 Å². The Morgan fingerprint density at radius 2 is 0.976 bits per heavy atom. The lowest BCUT2D eigenvalue weighted by atomic mass is 10.0. The van der Waals surface area contributed by atoms with Crippen LogP contribution in [0.4, 0.5) is 0 Å². The summed E-state index contributed by atoms with van der Waals surface area (Å²) >= 11 is 0. The molecule has 0 atom stereocenters. The minimum absolute atomic E-state index is 0.151. The fraction of sp³-hybridized carbons (Fsp3) is 0.611. The molecule has 0 amide bonds. The highest BCUT2D eigenvalue weighted by molar-refractivity contribution is 5.70. The molecule has 234 valence electrons. The second-order valence-corrected chi connectivity index (χ2v) is 11.7. The lowest BCUT2D eigenvalue weighted by Gasteiger charge is -2.16. The number of carbonyl (C=O) groups is 2. The summed E-state index contributed by atoms with van der Waals surface area (Å²) < 4.78 is 11.1. The number of unbranched alkanes of at least 4 members (excludes halogenated alkanes) is 6. The molecule has 0 N–H and O–H groups in total. The Morgan fingerprint density at radius 3 is 1.38 bits per heavy atom. The van der Waals surface area contributed by atoms with E-state index in [4.69, 9.17) is 9.47 Å². The number of hydrogen-bond acceptors (Lipinski definition) is 6. The van der Waals surface area contributed by atoms with E-state index in [1.807, 2.05) is 36.4 Å². The normalized spacial score (nSPS) is 11.3. The molecule has 0 aliphatic carbocycles. The van der Waals surface area contributed by atoms with E-state index in [2.05, 4.69) is 49.9 Å². The smallest absolute Gasteiger partial charge is 0.306 e. The van der Waals surface area contributed by atoms with Crippen LogP contribution in [-0.2, 0) is 32.3 Å². The van der Waals surface area contributed by atoms with Gasteiger partial charge in [-0.15, -0.1) is 0 Å². The molecular weight excluding hydrogens is 524 g/mol. The fourth-order valence-corrected chi connectivity index (χ4v) is 4.98. The quantitative estimate of drug-likeness (QED) is 0.0980. The molecule has 2 aromatic carbocycles. The van der Waals surface area contributed by atoms with Crippen molar-refractivity contribution < 1.29 is 19.1 Å². The van der Waals surface area contributed by atoms with Crippen LogP contribution < -0.4 is 0 Å². The van der Waals surface area contributed by atoms with Crippen LogP contribution in [-0.4, -0.2) is 62.0 Å². The van der Waals surface area contributed by atoms with Crippen molar-refractivity contribution in [3.05, 3.63) is 59.7 Å². The molecule has 6 nitrogen and oxygen atoms in total. The molecule has 0 heterocycles. The van der Waals surface area contributed by atoms with E-state index in [1.165, 1.54) is 51.4 Å². The van der Waals surface area contributed by atoms with Crippen LogP contribution in [0, 0.1) is 0 Å². The van der Waals surface area contributed by atoms with Gasteiger partial charge in [-0.1, -0.05) is 88.8 Å². The summed E-state index contributed by atoms with van der Waals surface area (Å²) in [6.07, 6.45) is 12.6. The van der Waals surface area contributed by atoms with Gasteiger partial charge in [0.15, 0.2) is 0 Å². The summed E-state index contributed by atoms with van der Waals surface area (Å²) in [6, 6.07) is 16.1. The molecule has 0 spiro atoms. The Balaban J connectivity index is 1.72. The van der Waals surface area contributed by atoms with Gasteiger partial charge in [0, 0.05) is 12.8 Å². The maximum Gasteiger partial charge on any atom is 0.306 e.